The molecule has 0 fully saturated rings. The molecule has 0 unspecified atom stereocenters. The van der Waals surface area contributed by atoms with Gasteiger partial charge < -0.3 is 19.3 Å². The molecular weight excluding hydrogens is 488 g/mol. The molecule has 6 heteroatoms. The standard InChI is InChI=1S/C33H30N2O4/c1-5-32(36)38-30-20-16-27(17-21-30)34(4)26-12-8-24(9-13-26)25-10-14-28(15-11-25)35(7-3)29-18-22-31(23-19-29)39-33(37)6-2/h5-6,8-23H,1-2,7H2,3-4H3. The minimum Gasteiger partial charge on any atom is -0.423 e. The summed E-state index contributed by atoms with van der Waals surface area (Å²) < 4.78 is 10.3. The van der Waals surface area contributed by atoms with Gasteiger partial charge >= 0.3 is 11.9 Å². The molecule has 0 saturated carbocycles. The first kappa shape index (κ1) is 26.9. The summed E-state index contributed by atoms with van der Waals surface area (Å²) in [4.78, 5) is 27.1. The first-order chi connectivity index (χ1) is 18.9. The Bertz CT molecular complexity index is 1440. The second kappa shape index (κ2) is 12.4. The quantitative estimate of drug-likeness (QED) is 0.123. The third-order valence-electron chi connectivity index (χ3n) is 6.23. The van der Waals surface area contributed by atoms with Crippen LogP contribution >= 0.6 is 0 Å². The molecule has 0 aliphatic carbocycles. The van der Waals surface area contributed by atoms with Crippen molar-refractivity contribution in [1.82, 2.24) is 0 Å². The van der Waals surface area contributed by atoms with Gasteiger partial charge in [-0.1, -0.05) is 37.4 Å². The highest BCUT2D eigenvalue weighted by Gasteiger charge is 2.10. The molecule has 196 valence electrons. The topological polar surface area (TPSA) is 59.1 Å². The molecule has 6 nitrogen and oxygen atoms in total. The fraction of sp³-hybridized carbons (Fsp3) is 0.0909. The molecule has 0 heterocycles. The molecule has 0 aliphatic heterocycles. The zero-order chi connectivity index (χ0) is 27.8. The number of rotatable bonds is 10. The maximum absolute atomic E-state index is 11.4. The average Bonchev–Trinajstić information content (AvgIpc) is 2.98. The van der Waals surface area contributed by atoms with Crippen molar-refractivity contribution in [3.63, 3.8) is 0 Å². The molecule has 0 aromatic heterocycles. The second-order valence-corrected chi connectivity index (χ2v) is 8.64. The van der Waals surface area contributed by atoms with Crippen LogP contribution in [0.4, 0.5) is 22.7 Å². The van der Waals surface area contributed by atoms with Crippen molar-refractivity contribution in [3.05, 3.63) is 122 Å². The Morgan fingerprint density at radius 2 is 0.949 bits per heavy atom. The number of carbonyl (C=O) groups is 2. The first-order valence-electron chi connectivity index (χ1n) is 12.5. The normalized spacial score (nSPS) is 10.3. The highest BCUT2D eigenvalue weighted by molar-refractivity contribution is 5.84. The average molecular weight is 519 g/mol. The lowest BCUT2D eigenvalue weighted by molar-refractivity contribution is -0.129. The van der Waals surface area contributed by atoms with E-state index in [9.17, 15) is 9.59 Å². The minimum atomic E-state index is -0.482. The minimum absolute atomic E-state index is 0.475. The summed E-state index contributed by atoms with van der Waals surface area (Å²) in [5.41, 5.74) is 6.30. The summed E-state index contributed by atoms with van der Waals surface area (Å²) in [5, 5.41) is 0. The summed E-state index contributed by atoms with van der Waals surface area (Å²) in [7, 11) is 1.99. The van der Waals surface area contributed by atoms with Crippen LogP contribution in [0.1, 0.15) is 6.92 Å². The molecule has 0 radical (unpaired) electrons. The van der Waals surface area contributed by atoms with E-state index in [0.29, 0.717) is 11.5 Å². The number of carbonyl (C=O) groups excluding carboxylic acids is 2. The number of nitrogens with zero attached hydrogens (tertiary/aromatic N) is 2. The summed E-state index contributed by atoms with van der Waals surface area (Å²) in [6, 6.07) is 31.5. The zero-order valence-corrected chi connectivity index (χ0v) is 22.0. The predicted octanol–water partition coefficient (Wildman–Crippen LogP) is 7.46. The summed E-state index contributed by atoms with van der Waals surface area (Å²) in [6.07, 6.45) is 2.28. The van der Waals surface area contributed by atoms with Crippen LogP contribution in [-0.4, -0.2) is 25.5 Å². The maximum atomic E-state index is 11.4. The Labute approximate surface area is 229 Å². The summed E-state index contributed by atoms with van der Waals surface area (Å²) in [5.74, 6) is -0.00370. The van der Waals surface area contributed by atoms with E-state index in [-0.39, 0.29) is 0 Å². The van der Waals surface area contributed by atoms with Crippen LogP contribution in [0.25, 0.3) is 11.1 Å². The van der Waals surface area contributed by atoms with Gasteiger partial charge in [-0.2, -0.15) is 0 Å². The summed E-state index contributed by atoms with van der Waals surface area (Å²) in [6.45, 7) is 9.71. The second-order valence-electron chi connectivity index (χ2n) is 8.64. The molecule has 4 rings (SSSR count). The fourth-order valence-corrected chi connectivity index (χ4v) is 4.12. The lowest BCUT2D eigenvalue weighted by Crippen LogP contribution is -2.15. The highest BCUT2D eigenvalue weighted by Crippen LogP contribution is 2.31. The Morgan fingerprint density at radius 1 is 0.615 bits per heavy atom. The molecule has 0 spiro atoms. The van der Waals surface area contributed by atoms with Crippen LogP contribution in [0.5, 0.6) is 11.5 Å². The van der Waals surface area contributed by atoms with E-state index in [1.807, 2.05) is 31.3 Å². The van der Waals surface area contributed by atoms with E-state index < -0.39 is 11.9 Å². The van der Waals surface area contributed by atoms with Crippen LogP contribution in [0.15, 0.2) is 122 Å². The third kappa shape index (κ3) is 6.62. The fourth-order valence-electron chi connectivity index (χ4n) is 4.12. The highest BCUT2D eigenvalue weighted by atomic mass is 16.5. The van der Waals surface area contributed by atoms with Crippen molar-refractivity contribution in [3.8, 4) is 22.6 Å². The van der Waals surface area contributed by atoms with Gasteiger partial charge in [-0.15, -0.1) is 0 Å². The van der Waals surface area contributed by atoms with Crippen LogP contribution in [0.2, 0.25) is 0 Å². The number of hydrogen-bond donors (Lipinski definition) is 0. The smallest absolute Gasteiger partial charge is 0.335 e. The van der Waals surface area contributed by atoms with Crippen molar-refractivity contribution in [2.75, 3.05) is 23.4 Å². The van der Waals surface area contributed by atoms with Crippen LogP contribution in [0, 0.1) is 0 Å². The SMILES string of the molecule is C=CC(=O)Oc1ccc(N(C)c2ccc(-c3ccc(N(CC)c4ccc(OC(=O)C=C)cc4)cc3)cc2)cc1. The number of anilines is 4. The lowest BCUT2D eigenvalue weighted by atomic mass is 10.0. The molecule has 0 saturated heterocycles. The predicted molar refractivity (Wildman–Crippen MR) is 157 cm³/mol. The van der Waals surface area contributed by atoms with E-state index in [1.54, 1.807) is 24.3 Å². The van der Waals surface area contributed by atoms with Gasteiger partial charge in [0, 0.05) is 48.5 Å². The van der Waals surface area contributed by atoms with Crippen LogP contribution < -0.4 is 19.3 Å². The van der Waals surface area contributed by atoms with Crippen LogP contribution in [-0.2, 0) is 9.59 Å². The summed E-state index contributed by atoms with van der Waals surface area (Å²) >= 11 is 0. The van der Waals surface area contributed by atoms with Gasteiger partial charge in [-0.05, 0) is 90.8 Å². The number of ether oxygens (including phenoxy) is 2. The number of esters is 2. The molecule has 39 heavy (non-hydrogen) atoms. The Morgan fingerprint density at radius 3 is 1.31 bits per heavy atom. The van der Waals surface area contributed by atoms with E-state index in [0.717, 1.165) is 52.6 Å². The van der Waals surface area contributed by atoms with Crippen molar-refractivity contribution >= 4 is 34.7 Å². The maximum Gasteiger partial charge on any atom is 0.335 e. The molecule has 0 aliphatic rings. The van der Waals surface area contributed by atoms with E-state index >= 15 is 0 Å². The zero-order valence-electron chi connectivity index (χ0n) is 22.0. The van der Waals surface area contributed by atoms with Crippen molar-refractivity contribution in [2.24, 2.45) is 0 Å². The Hall–Kier alpha value is -5.10. The van der Waals surface area contributed by atoms with Crippen molar-refractivity contribution < 1.29 is 19.1 Å². The molecule has 4 aromatic carbocycles. The first-order valence-corrected chi connectivity index (χ1v) is 12.5. The van der Waals surface area contributed by atoms with Gasteiger partial charge in [-0.3, -0.25) is 0 Å². The van der Waals surface area contributed by atoms with Gasteiger partial charge in [0.25, 0.3) is 0 Å². The molecule has 0 atom stereocenters. The van der Waals surface area contributed by atoms with E-state index in [4.69, 9.17) is 9.47 Å². The molecular formula is C33H30N2O4. The van der Waals surface area contributed by atoms with Crippen LogP contribution in [0.3, 0.4) is 0 Å². The van der Waals surface area contributed by atoms with Crippen molar-refractivity contribution in [2.45, 2.75) is 6.92 Å². The molecule has 0 bridgehead atoms. The molecule has 0 N–H and O–H groups in total. The van der Waals surface area contributed by atoms with Gasteiger partial charge in [0.2, 0.25) is 0 Å². The lowest BCUT2D eigenvalue weighted by Gasteiger charge is -2.24. The van der Waals surface area contributed by atoms with Gasteiger partial charge in [-0.25, -0.2) is 9.59 Å². The number of benzene rings is 4. The van der Waals surface area contributed by atoms with Crippen molar-refractivity contribution in [1.29, 1.82) is 0 Å². The largest absolute Gasteiger partial charge is 0.423 e. The third-order valence-corrected chi connectivity index (χ3v) is 6.23. The Kier molecular flexibility index (Phi) is 8.59. The molecule has 0 amide bonds. The van der Waals surface area contributed by atoms with Gasteiger partial charge in [0.05, 0.1) is 0 Å². The number of hydrogen-bond acceptors (Lipinski definition) is 6. The van der Waals surface area contributed by atoms with Gasteiger partial charge in [0.15, 0.2) is 0 Å². The van der Waals surface area contributed by atoms with Gasteiger partial charge in [0.1, 0.15) is 11.5 Å². The van der Waals surface area contributed by atoms with E-state index in [1.165, 1.54) is 0 Å². The molecule has 4 aromatic rings. The monoisotopic (exact) mass is 518 g/mol. The Balaban J connectivity index is 1.44. The van der Waals surface area contributed by atoms with E-state index in [2.05, 4.69) is 78.4 Å².